The molecule has 2 aromatic carbocycles. The van der Waals surface area contributed by atoms with Crippen molar-refractivity contribution in [2.45, 2.75) is 33.7 Å². The zero-order valence-corrected chi connectivity index (χ0v) is 13.8. The molecule has 0 heterocycles. The van der Waals surface area contributed by atoms with Crippen molar-refractivity contribution in [1.82, 2.24) is 0 Å². The number of benzene rings is 2. The molecule has 2 rings (SSSR count). The van der Waals surface area contributed by atoms with Crippen LogP contribution in [0.4, 0.5) is 5.69 Å². The van der Waals surface area contributed by atoms with Gasteiger partial charge in [-0.3, -0.25) is 0 Å². The minimum absolute atomic E-state index is 0.182. The average molecular weight is 304 g/mol. The van der Waals surface area contributed by atoms with Gasteiger partial charge in [-0.15, -0.1) is 0 Å². The minimum atomic E-state index is 0.182. The Kier molecular flexibility index (Phi) is 5.13. The molecule has 0 fully saturated rings. The number of aryl methyl sites for hydroxylation is 2. The zero-order chi connectivity index (χ0) is 15.4. The predicted octanol–water partition coefficient (Wildman–Crippen LogP) is 5.53. The van der Waals surface area contributed by atoms with E-state index >= 15 is 0 Å². The summed E-state index contributed by atoms with van der Waals surface area (Å²) in [5.74, 6) is 0.831. The first-order valence-electron chi connectivity index (χ1n) is 7.27. The number of rotatable bonds is 5. The summed E-state index contributed by atoms with van der Waals surface area (Å²) in [5, 5.41) is 4.19. The third-order valence-electron chi connectivity index (χ3n) is 3.64. The molecule has 1 N–H and O–H groups in total. The molecule has 1 unspecified atom stereocenters. The van der Waals surface area contributed by atoms with Crippen molar-refractivity contribution < 1.29 is 4.74 Å². The lowest BCUT2D eigenvalue weighted by Crippen LogP contribution is -2.08. The number of ether oxygens (including phenoxy) is 1. The maximum Gasteiger partial charge on any atom is 0.142 e. The molecule has 1 atom stereocenters. The molecule has 0 saturated carbocycles. The Morgan fingerprint density at radius 2 is 1.86 bits per heavy atom. The monoisotopic (exact) mass is 303 g/mol. The van der Waals surface area contributed by atoms with Crippen LogP contribution in [0.3, 0.4) is 0 Å². The van der Waals surface area contributed by atoms with E-state index in [1.165, 1.54) is 16.7 Å². The van der Waals surface area contributed by atoms with Crippen LogP contribution in [0.2, 0.25) is 5.02 Å². The third kappa shape index (κ3) is 3.92. The molecule has 2 aromatic rings. The van der Waals surface area contributed by atoms with E-state index in [1.54, 1.807) is 0 Å². The first kappa shape index (κ1) is 15.7. The molecule has 0 aliphatic rings. The van der Waals surface area contributed by atoms with Crippen LogP contribution in [0.25, 0.3) is 0 Å². The summed E-state index contributed by atoms with van der Waals surface area (Å²) < 4.78 is 5.65. The van der Waals surface area contributed by atoms with Crippen molar-refractivity contribution in [3.05, 3.63) is 58.1 Å². The van der Waals surface area contributed by atoms with Crippen LogP contribution in [0.5, 0.6) is 5.75 Å². The maximum absolute atomic E-state index is 6.10. The number of halogens is 1. The van der Waals surface area contributed by atoms with E-state index in [2.05, 4.69) is 44.3 Å². The standard InChI is InChI=1S/C18H22ClNO/c1-5-21-18-9-8-16(19)11-17(18)20-14(4)15-7-6-12(2)13(3)10-15/h6-11,14,20H,5H2,1-4H3. The molecule has 0 saturated heterocycles. The molecule has 0 bridgehead atoms. The van der Waals surface area contributed by atoms with Gasteiger partial charge in [0.25, 0.3) is 0 Å². The molecule has 3 heteroatoms. The predicted molar refractivity (Wildman–Crippen MR) is 90.6 cm³/mol. The van der Waals surface area contributed by atoms with Crippen LogP contribution in [0, 0.1) is 13.8 Å². The van der Waals surface area contributed by atoms with E-state index in [-0.39, 0.29) is 6.04 Å². The Morgan fingerprint density at radius 1 is 1.10 bits per heavy atom. The summed E-state index contributed by atoms with van der Waals surface area (Å²) >= 11 is 6.10. The van der Waals surface area contributed by atoms with Gasteiger partial charge in [0.1, 0.15) is 5.75 Å². The molecule has 0 amide bonds. The highest BCUT2D eigenvalue weighted by Crippen LogP contribution is 2.31. The van der Waals surface area contributed by atoms with Gasteiger partial charge in [-0.25, -0.2) is 0 Å². The van der Waals surface area contributed by atoms with Crippen molar-refractivity contribution in [3.8, 4) is 5.75 Å². The molecule has 2 nitrogen and oxygen atoms in total. The van der Waals surface area contributed by atoms with Gasteiger partial charge in [-0.2, -0.15) is 0 Å². The summed E-state index contributed by atoms with van der Waals surface area (Å²) in [7, 11) is 0. The first-order chi connectivity index (χ1) is 10.0. The molecule has 0 aliphatic carbocycles. The van der Waals surface area contributed by atoms with E-state index in [4.69, 9.17) is 16.3 Å². The fourth-order valence-electron chi connectivity index (χ4n) is 2.25. The molecular weight excluding hydrogens is 282 g/mol. The second kappa shape index (κ2) is 6.86. The Labute approximate surface area is 132 Å². The van der Waals surface area contributed by atoms with E-state index in [0.29, 0.717) is 11.6 Å². The lowest BCUT2D eigenvalue weighted by atomic mass is 10.0. The van der Waals surface area contributed by atoms with E-state index in [0.717, 1.165) is 11.4 Å². The largest absolute Gasteiger partial charge is 0.492 e. The van der Waals surface area contributed by atoms with Gasteiger partial charge < -0.3 is 10.1 Å². The first-order valence-corrected chi connectivity index (χ1v) is 7.65. The number of anilines is 1. The number of hydrogen-bond acceptors (Lipinski definition) is 2. The van der Waals surface area contributed by atoms with Crippen LogP contribution >= 0.6 is 11.6 Å². The lowest BCUT2D eigenvalue weighted by Gasteiger charge is -2.19. The van der Waals surface area contributed by atoms with Crippen molar-refractivity contribution in [3.63, 3.8) is 0 Å². The van der Waals surface area contributed by atoms with Crippen molar-refractivity contribution >= 4 is 17.3 Å². The minimum Gasteiger partial charge on any atom is -0.492 e. The molecule has 21 heavy (non-hydrogen) atoms. The summed E-state index contributed by atoms with van der Waals surface area (Å²) in [6.45, 7) is 9.01. The molecule has 0 aliphatic heterocycles. The lowest BCUT2D eigenvalue weighted by molar-refractivity contribution is 0.341. The van der Waals surface area contributed by atoms with Crippen LogP contribution < -0.4 is 10.1 Å². The fourth-order valence-corrected chi connectivity index (χ4v) is 2.42. The molecular formula is C18H22ClNO. The maximum atomic E-state index is 6.10. The van der Waals surface area contributed by atoms with Gasteiger partial charge >= 0.3 is 0 Å². The highest BCUT2D eigenvalue weighted by Gasteiger charge is 2.10. The fraction of sp³-hybridized carbons (Fsp3) is 0.333. The summed E-state index contributed by atoms with van der Waals surface area (Å²) in [6.07, 6.45) is 0. The van der Waals surface area contributed by atoms with Gasteiger partial charge in [0.2, 0.25) is 0 Å². The Balaban J connectivity index is 2.24. The van der Waals surface area contributed by atoms with Crippen LogP contribution in [0.1, 0.15) is 36.6 Å². The Hall–Kier alpha value is -1.67. The van der Waals surface area contributed by atoms with Crippen LogP contribution in [-0.4, -0.2) is 6.61 Å². The Bertz CT molecular complexity index is 625. The molecule has 0 aromatic heterocycles. The Morgan fingerprint density at radius 3 is 2.52 bits per heavy atom. The molecule has 0 radical (unpaired) electrons. The zero-order valence-electron chi connectivity index (χ0n) is 13.0. The third-order valence-corrected chi connectivity index (χ3v) is 3.88. The molecule has 112 valence electrons. The summed E-state index contributed by atoms with van der Waals surface area (Å²) in [4.78, 5) is 0. The van der Waals surface area contributed by atoms with Crippen molar-refractivity contribution in [2.24, 2.45) is 0 Å². The summed E-state index contributed by atoms with van der Waals surface area (Å²) in [5.41, 5.74) is 4.79. The van der Waals surface area contributed by atoms with Gasteiger partial charge in [-0.1, -0.05) is 29.8 Å². The van der Waals surface area contributed by atoms with Gasteiger partial charge in [0, 0.05) is 11.1 Å². The van der Waals surface area contributed by atoms with E-state index in [9.17, 15) is 0 Å². The SMILES string of the molecule is CCOc1ccc(Cl)cc1NC(C)c1ccc(C)c(C)c1. The quantitative estimate of drug-likeness (QED) is 0.784. The van der Waals surface area contributed by atoms with Crippen molar-refractivity contribution in [2.75, 3.05) is 11.9 Å². The molecule has 0 spiro atoms. The second-order valence-electron chi connectivity index (χ2n) is 5.28. The average Bonchev–Trinajstić information content (AvgIpc) is 2.45. The highest BCUT2D eigenvalue weighted by molar-refractivity contribution is 6.30. The van der Waals surface area contributed by atoms with Gasteiger partial charge in [0.15, 0.2) is 0 Å². The normalized spacial score (nSPS) is 12.0. The van der Waals surface area contributed by atoms with Gasteiger partial charge in [0.05, 0.1) is 12.3 Å². The van der Waals surface area contributed by atoms with E-state index < -0.39 is 0 Å². The topological polar surface area (TPSA) is 21.3 Å². The number of hydrogen-bond donors (Lipinski definition) is 1. The highest BCUT2D eigenvalue weighted by atomic mass is 35.5. The second-order valence-corrected chi connectivity index (χ2v) is 5.72. The van der Waals surface area contributed by atoms with Crippen LogP contribution in [0.15, 0.2) is 36.4 Å². The summed E-state index contributed by atoms with van der Waals surface area (Å²) in [6, 6.07) is 12.4. The number of nitrogens with one attached hydrogen (secondary N) is 1. The van der Waals surface area contributed by atoms with Crippen molar-refractivity contribution in [1.29, 1.82) is 0 Å². The van der Waals surface area contributed by atoms with Gasteiger partial charge in [-0.05, 0) is 62.6 Å². The van der Waals surface area contributed by atoms with E-state index in [1.807, 2.05) is 25.1 Å². The van der Waals surface area contributed by atoms with Crippen LogP contribution in [-0.2, 0) is 0 Å². The smallest absolute Gasteiger partial charge is 0.142 e.